The van der Waals surface area contributed by atoms with Gasteiger partial charge in [-0.1, -0.05) is 12.1 Å². The first kappa shape index (κ1) is 9.64. The maximum atomic E-state index is 11.9. The van der Waals surface area contributed by atoms with Gasteiger partial charge >= 0.3 is 6.61 Å². The molecule has 0 radical (unpaired) electrons. The summed E-state index contributed by atoms with van der Waals surface area (Å²) < 4.78 is 27.9. The number of ether oxygens (including phenoxy) is 1. The number of rotatable bonds is 3. The summed E-state index contributed by atoms with van der Waals surface area (Å²) in [6.45, 7) is -2.79. The Hall–Kier alpha value is -1.91. The fraction of sp³-hybridized carbons (Fsp3) is 0.100. The molecule has 1 aromatic carbocycles. The Morgan fingerprint density at radius 2 is 1.87 bits per heavy atom. The van der Waals surface area contributed by atoms with Crippen molar-refractivity contribution in [3.63, 3.8) is 0 Å². The van der Waals surface area contributed by atoms with E-state index in [2.05, 4.69) is 14.9 Å². The first-order valence-electron chi connectivity index (χ1n) is 4.30. The number of aromatic nitrogens is 2. The Balaban J connectivity index is 2.17. The molecule has 0 spiro atoms. The highest BCUT2D eigenvalue weighted by atomic mass is 19.3. The van der Waals surface area contributed by atoms with Crippen LogP contribution in [0.2, 0.25) is 0 Å². The van der Waals surface area contributed by atoms with Crippen molar-refractivity contribution in [2.45, 2.75) is 6.61 Å². The minimum absolute atomic E-state index is 0.150. The summed E-state index contributed by atoms with van der Waals surface area (Å²) >= 11 is 0. The summed E-state index contributed by atoms with van der Waals surface area (Å²) in [5.74, 6) is 0.150. The number of alkyl halides is 2. The zero-order valence-corrected chi connectivity index (χ0v) is 7.65. The van der Waals surface area contributed by atoms with Crippen molar-refractivity contribution in [2.75, 3.05) is 0 Å². The second kappa shape index (κ2) is 4.08. The molecule has 3 nitrogen and oxygen atoms in total. The van der Waals surface area contributed by atoms with E-state index < -0.39 is 6.61 Å². The summed E-state index contributed by atoms with van der Waals surface area (Å²) in [7, 11) is 0. The molecule has 0 fully saturated rings. The van der Waals surface area contributed by atoms with Crippen molar-refractivity contribution >= 4 is 0 Å². The van der Waals surface area contributed by atoms with E-state index in [4.69, 9.17) is 0 Å². The molecule has 0 aliphatic carbocycles. The molecule has 0 aliphatic rings. The molecule has 1 N–H and O–H groups in total. The molecule has 0 saturated carbocycles. The number of hydrogen-bond acceptors (Lipinski definition) is 2. The van der Waals surface area contributed by atoms with Crippen molar-refractivity contribution in [3.8, 4) is 16.9 Å². The summed E-state index contributed by atoms with van der Waals surface area (Å²) in [6.07, 6.45) is 3.38. The van der Waals surface area contributed by atoms with Gasteiger partial charge in [0.05, 0.1) is 6.20 Å². The largest absolute Gasteiger partial charge is 0.435 e. The molecule has 78 valence electrons. The van der Waals surface area contributed by atoms with E-state index in [-0.39, 0.29) is 5.75 Å². The van der Waals surface area contributed by atoms with Gasteiger partial charge in [-0.25, -0.2) is 0 Å². The predicted octanol–water partition coefficient (Wildman–Crippen LogP) is 2.68. The zero-order valence-electron chi connectivity index (χ0n) is 7.65. The first-order valence-corrected chi connectivity index (χ1v) is 4.30. The van der Waals surface area contributed by atoms with Crippen LogP contribution in [0.15, 0.2) is 36.7 Å². The number of hydrogen-bond donors (Lipinski definition) is 1. The van der Waals surface area contributed by atoms with E-state index in [1.807, 2.05) is 0 Å². The second-order valence-corrected chi connectivity index (χ2v) is 2.89. The molecule has 0 amide bonds. The van der Waals surface area contributed by atoms with Gasteiger partial charge in [-0.05, 0) is 17.7 Å². The van der Waals surface area contributed by atoms with E-state index in [0.717, 1.165) is 11.1 Å². The van der Waals surface area contributed by atoms with Crippen LogP contribution in [0.25, 0.3) is 11.1 Å². The second-order valence-electron chi connectivity index (χ2n) is 2.89. The Morgan fingerprint density at radius 1 is 1.13 bits per heavy atom. The fourth-order valence-electron chi connectivity index (χ4n) is 1.24. The molecule has 0 atom stereocenters. The topological polar surface area (TPSA) is 37.9 Å². The van der Waals surface area contributed by atoms with Crippen molar-refractivity contribution < 1.29 is 13.5 Å². The molecule has 0 aliphatic heterocycles. The average Bonchev–Trinajstić information content (AvgIpc) is 2.71. The average molecular weight is 210 g/mol. The molecule has 0 bridgehead atoms. The summed E-state index contributed by atoms with van der Waals surface area (Å²) in [6, 6.07) is 6.38. The maximum Gasteiger partial charge on any atom is 0.387 e. The zero-order chi connectivity index (χ0) is 10.7. The molecule has 1 aromatic heterocycles. The third kappa shape index (κ3) is 2.31. The standard InChI is InChI=1S/C10H8F2N2O/c11-10(12)15-9-3-1-7(2-4-9)8-5-13-14-6-8/h1-6,10H,(H,13,14). The molecular formula is C10H8F2N2O. The van der Waals surface area contributed by atoms with Gasteiger partial charge in [0.1, 0.15) is 5.75 Å². The van der Waals surface area contributed by atoms with Crippen LogP contribution < -0.4 is 4.74 Å². The third-order valence-corrected chi connectivity index (χ3v) is 1.91. The van der Waals surface area contributed by atoms with Crippen LogP contribution in [0.5, 0.6) is 5.75 Å². The highest BCUT2D eigenvalue weighted by molar-refractivity contribution is 5.62. The maximum absolute atomic E-state index is 11.9. The smallest absolute Gasteiger partial charge is 0.387 e. The minimum atomic E-state index is -2.79. The quantitative estimate of drug-likeness (QED) is 0.845. The molecule has 0 saturated heterocycles. The van der Waals surface area contributed by atoms with E-state index in [0.29, 0.717) is 0 Å². The Morgan fingerprint density at radius 3 is 2.40 bits per heavy atom. The monoisotopic (exact) mass is 210 g/mol. The molecule has 2 rings (SSSR count). The van der Waals surface area contributed by atoms with Gasteiger partial charge in [0.25, 0.3) is 0 Å². The number of aromatic amines is 1. The molecule has 0 unspecified atom stereocenters. The van der Waals surface area contributed by atoms with Gasteiger partial charge in [0, 0.05) is 11.8 Å². The highest BCUT2D eigenvalue weighted by Crippen LogP contribution is 2.21. The van der Waals surface area contributed by atoms with Crippen molar-refractivity contribution in [3.05, 3.63) is 36.7 Å². The Labute approximate surface area is 84.7 Å². The number of nitrogens with zero attached hydrogens (tertiary/aromatic N) is 1. The third-order valence-electron chi connectivity index (χ3n) is 1.91. The van der Waals surface area contributed by atoms with E-state index >= 15 is 0 Å². The number of nitrogens with one attached hydrogen (secondary N) is 1. The molecule has 2 aromatic rings. The van der Waals surface area contributed by atoms with Gasteiger partial charge in [0.2, 0.25) is 0 Å². The molecule has 1 heterocycles. The highest BCUT2D eigenvalue weighted by Gasteiger charge is 2.04. The van der Waals surface area contributed by atoms with Crippen LogP contribution in [0.3, 0.4) is 0 Å². The van der Waals surface area contributed by atoms with Gasteiger partial charge in [0.15, 0.2) is 0 Å². The summed E-state index contributed by atoms with van der Waals surface area (Å²) in [4.78, 5) is 0. The van der Waals surface area contributed by atoms with Crippen LogP contribution in [-0.4, -0.2) is 16.8 Å². The molecule has 5 heteroatoms. The Kier molecular flexibility index (Phi) is 2.62. The van der Waals surface area contributed by atoms with Crippen LogP contribution in [0.4, 0.5) is 8.78 Å². The normalized spacial score (nSPS) is 10.6. The fourth-order valence-corrected chi connectivity index (χ4v) is 1.24. The van der Waals surface area contributed by atoms with Crippen molar-refractivity contribution in [1.82, 2.24) is 10.2 Å². The number of benzene rings is 1. The predicted molar refractivity (Wildman–Crippen MR) is 50.7 cm³/mol. The lowest BCUT2D eigenvalue weighted by atomic mass is 10.1. The van der Waals surface area contributed by atoms with Gasteiger partial charge < -0.3 is 4.74 Å². The van der Waals surface area contributed by atoms with Gasteiger partial charge in [-0.3, -0.25) is 5.10 Å². The molecular weight excluding hydrogens is 202 g/mol. The Bertz CT molecular complexity index is 411. The lowest BCUT2D eigenvalue weighted by molar-refractivity contribution is -0.0498. The SMILES string of the molecule is FC(F)Oc1ccc(-c2cn[nH]c2)cc1. The van der Waals surface area contributed by atoms with Gasteiger partial charge in [-0.15, -0.1) is 0 Å². The minimum Gasteiger partial charge on any atom is -0.435 e. The van der Waals surface area contributed by atoms with E-state index in [1.165, 1.54) is 12.1 Å². The van der Waals surface area contributed by atoms with E-state index in [9.17, 15) is 8.78 Å². The summed E-state index contributed by atoms with van der Waals surface area (Å²) in [5.41, 5.74) is 1.80. The lowest BCUT2D eigenvalue weighted by Crippen LogP contribution is -2.01. The number of H-pyrrole nitrogens is 1. The van der Waals surface area contributed by atoms with Crippen LogP contribution in [0, 0.1) is 0 Å². The number of halogens is 2. The van der Waals surface area contributed by atoms with Gasteiger partial charge in [-0.2, -0.15) is 13.9 Å². The van der Waals surface area contributed by atoms with Crippen molar-refractivity contribution in [2.24, 2.45) is 0 Å². The van der Waals surface area contributed by atoms with Crippen LogP contribution >= 0.6 is 0 Å². The van der Waals surface area contributed by atoms with E-state index in [1.54, 1.807) is 24.5 Å². The lowest BCUT2D eigenvalue weighted by Gasteiger charge is -2.04. The summed E-state index contributed by atoms with van der Waals surface area (Å²) in [5, 5.41) is 6.47. The van der Waals surface area contributed by atoms with Crippen LogP contribution in [0.1, 0.15) is 0 Å². The van der Waals surface area contributed by atoms with Crippen LogP contribution in [-0.2, 0) is 0 Å². The van der Waals surface area contributed by atoms with Crippen molar-refractivity contribution in [1.29, 1.82) is 0 Å². The molecule has 15 heavy (non-hydrogen) atoms. The first-order chi connectivity index (χ1) is 7.25.